The van der Waals surface area contributed by atoms with Gasteiger partial charge in [0.15, 0.2) is 0 Å². The molecule has 1 N–H and O–H groups in total. The van der Waals surface area contributed by atoms with Crippen LogP contribution in [0.4, 0.5) is 17.1 Å². The number of nitro groups is 1. The summed E-state index contributed by atoms with van der Waals surface area (Å²) in [5, 5.41) is 14.8. The van der Waals surface area contributed by atoms with Crippen molar-refractivity contribution in [3.63, 3.8) is 0 Å². The molecule has 0 fully saturated rings. The second kappa shape index (κ2) is 6.96. The summed E-state index contributed by atoms with van der Waals surface area (Å²) in [6.45, 7) is 0. The minimum absolute atomic E-state index is 0.00749. The molecule has 0 saturated carbocycles. The van der Waals surface area contributed by atoms with Gasteiger partial charge >= 0.3 is 5.97 Å². The van der Waals surface area contributed by atoms with E-state index in [0.29, 0.717) is 16.6 Å². The largest absolute Gasteiger partial charge is 0.469 e. The highest BCUT2D eigenvalue weighted by Gasteiger charge is 2.15. The van der Waals surface area contributed by atoms with E-state index in [1.54, 1.807) is 24.4 Å². The Morgan fingerprint density at radius 1 is 1.24 bits per heavy atom. The monoisotopic (exact) mass is 337 g/mol. The van der Waals surface area contributed by atoms with Gasteiger partial charge in [0.05, 0.1) is 29.5 Å². The first-order chi connectivity index (χ1) is 12.1. The van der Waals surface area contributed by atoms with Crippen LogP contribution < -0.4 is 5.32 Å². The number of carbonyl (C=O) groups is 1. The Hall–Kier alpha value is -3.48. The summed E-state index contributed by atoms with van der Waals surface area (Å²) >= 11 is 0. The molecule has 25 heavy (non-hydrogen) atoms. The van der Waals surface area contributed by atoms with Gasteiger partial charge in [-0.3, -0.25) is 19.9 Å². The number of nitrogens with zero attached hydrogens (tertiary/aromatic N) is 2. The second-order valence-corrected chi connectivity index (χ2v) is 5.37. The number of non-ortho nitro benzene ring substituents is 1. The van der Waals surface area contributed by atoms with Crippen LogP contribution in [-0.4, -0.2) is 23.0 Å². The number of pyridine rings is 1. The van der Waals surface area contributed by atoms with Crippen molar-refractivity contribution in [2.24, 2.45) is 0 Å². The minimum atomic E-state index is -0.426. The predicted octanol–water partition coefficient (Wildman–Crippen LogP) is 3.60. The summed E-state index contributed by atoms with van der Waals surface area (Å²) in [4.78, 5) is 26.4. The van der Waals surface area contributed by atoms with E-state index in [-0.39, 0.29) is 18.1 Å². The number of nitrogens with one attached hydrogen (secondary N) is 1. The molecule has 1 heterocycles. The van der Waals surface area contributed by atoms with Gasteiger partial charge in [-0.15, -0.1) is 0 Å². The number of carbonyl (C=O) groups excluding carboxylic acids is 1. The maximum absolute atomic E-state index is 11.4. The molecule has 0 saturated heterocycles. The minimum Gasteiger partial charge on any atom is -0.469 e. The van der Waals surface area contributed by atoms with Crippen molar-refractivity contribution < 1.29 is 14.5 Å². The fourth-order valence-electron chi connectivity index (χ4n) is 2.57. The Kier molecular flexibility index (Phi) is 4.56. The Morgan fingerprint density at radius 2 is 2.08 bits per heavy atom. The van der Waals surface area contributed by atoms with Crippen LogP contribution in [0.3, 0.4) is 0 Å². The molecule has 0 radical (unpaired) electrons. The first-order valence-corrected chi connectivity index (χ1v) is 7.53. The zero-order valence-electron chi connectivity index (χ0n) is 13.4. The lowest BCUT2D eigenvalue weighted by atomic mass is 10.1. The van der Waals surface area contributed by atoms with Crippen LogP contribution in [0.25, 0.3) is 10.9 Å². The molecule has 2 aromatic carbocycles. The zero-order chi connectivity index (χ0) is 17.8. The van der Waals surface area contributed by atoms with E-state index in [9.17, 15) is 14.9 Å². The number of fused-ring (bicyclic) bond motifs is 1. The number of ether oxygens (including phenoxy) is 1. The van der Waals surface area contributed by atoms with Crippen LogP contribution in [0.5, 0.6) is 0 Å². The number of methoxy groups -OCH3 is 1. The molecule has 0 aliphatic carbocycles. The number of rotatable bonds is 5. The Balaban J connectivity index is 1.96. The van der Waals surface area contributed by atoms with E-state index in [1.165, 1.54) is 13.2 Å². The highest BCUT2D eigenvalue weighted by molar-refractivity contribution is 5.97. The van der Waals surface area contributed by atoms with Crippen molar-refractivity contribution in [1.29, 1.82) is 0 Å². The van der Waals surface area contributed by atoms with Gasteiger partial charge in [-0.1, -0.05) is 12.1 Å². The molecule has 7 nitrogen and oxygen atoms in total. The molecule has 1 aromatic heterocycles. The summed E-state index contributed by atoms with van der Waals surface area (Å²) in [6, 6.07) is 13.7. The number of benzene rings is 2. The van der Waals surface area contributed by atoms with E-state index >= 15 is 0 Å². The van der Waals surface area contributed by atoms with Crippen LogP contribution in [0, 0.1) is 10.1 Å². The quantitative estimate of drug-likeness (QED) is 0.434. The van der Waals surface area contributed by atoms with E-state index in [0.717, 1.165) is 11.3 Å². The molecule has 0 atom stereocenters. The van der Waals surface area contributed by atoms with Crippen LogP contribution >= 0.6 is 0 Å². The van der Waals surface area contributed by atoms with Gasteiger partial charge in [0.2, 0.25) is 0 Å². The van der Waals surface area contributed by atoms with E-state index < -0.39 is 4.92 Å². The highest BCUT2D eigenvalue weighted by atomic mass is 16.6. The topological polar surface area (TPSA) is 94.4 Å². The van der Waals surface area contributed by atoms with Crippen molar-refractivity contribution in [3.8, 4) is 0 Å². The van der Waals surface area contributed by atoms with Gasteiger partial charge in [0, 0.05) is 18.0 Å². The molecule has 0 bridgehead atoms. The number of hydrogen-bond acceptors (Lipinski definition) is 6. The smallest absolute Gasteiger partial charge is 0.309 e. The van der Waals surface area contributed by atoms with Crippen LogP contribution in [0.2, 0.25) is 0 Å². The van der Waals surface area contributed by atoms with Gasteiger partial charge in [-0.2, -0.15) is 0 Å². The molecule has 0 aliphatic rings. The Bertz CT molecular complexity index is 956. The number of hydrogen-bond donors (Lipinski definition) is 1. The maximum Gasteiger partial charge on any atom is 0.309 e. The fraction of sp³-hybridized carbons (Fsp3) is 0.111. The van der Waals surface area contributed by atoms with Crippen molar-refractivity contribution in [2.45, 2.75) is 6.42 Å². The summed E-state index contributed by atoms with van der Waals surface area (Å²) in [6.07, 6.45) is 1.76. The van der Waals surface area contributed by atoms with Crippen LogP contribution in [-0.2, 0) is 16.0 Å². The van der Waals surface area contributed by atoms with Crippen molar-refractivity contribution in [1.82, 2.24) is 4.98 Å². The number of aromatic nitrogens is 1. The maximum atomic E-state index is 11.4. The van der Waals surface area contributed by atoms with Crippen molar-refractivity contribution >= 4 is 33.9 Å². The molecule has 126 valence electrons. The lowest BCUT2D eigenvalue weighted by Gasteiger charge is -2.10. The summed E-state index contributed by atoms with van der Waals surface area (Å²) in [7, 11) is 1.35. The third-order valence-electron chi connectivity index (χ3n) is 3.73. The fourth-order valence-corrected chi connectivity index (χ4v) is 2.57. The molecule has 0 unspecified atom stereocenters. The summed E-state index contributed by atoms with van der Waals surface area (Å²) in [5.41, 5.74) is 2.72. The molecule has 0 amide bonds. The lowest BCUT2D eigenvalue weighted by Crippen LogP contribution is -2.04. The van der Waals surface area contributed by atoms with Gasteiger partial charge < -0.3 is 10.1 Å². The molecule has 3 rings (SSSR count). The first kappa shape index (κ1) is 16.4. The average molecular weight is 337 g/mol. The molecule has 7 heteroatoms. The van der Waals surface area contributed by atoms with Crippen molar-refractivity contribution in [3.05, 3.63) is 70.4 Å². The van der Waals surface area contributed by atoms with Crippen molar-refractivity contribution in [2.75, 3.05) is 12.4 Å². The zero-order valence-corrected chi connectivity index (χ0v) is 13.4. The van der Waals surface area contributed by atoms with Gasteiger partial charge in [-0.25, -0.2) is 0 Å². The van der Waals surface area contributed by atoms with E-state index in [4.69, 9.17) is 0 Å². The second-order valence-electron chi connectivity index (χ2n) is 5.37. The number of anilines is 2. The number of esters is 1. The third kappa shape index (κ3) is 3.55. The molecule has 0 aliphatic heterocycles. The summed E-state index contributed by atoms with van der Waals surface area (Å²) in [5.74, 6) is -0.320. The van der Waals surface area contributed by atoms with E-state index in [1.807, 2.05) is 24.3 Å². The Morgan fingerprint density at radius 3 is 2.84 bits per heavy atom. The molecular weight excluding hydrogens is 322 g/mol. The van der Waals surface area contributed by atoms with Gasteiger partial charge in [0.25, 0.3) is 5.69 Å². The number of nitro benzene ring substituents is 1. The summed E-state index contributed by atoms with van der Waals surface area (Å²) < 4.78 is 4.67. The Labute approximate surface area is 143 Å². The normalized spacial score (nSPS) is 10.4. The molecule has 3 aromatic rings. The van der Waals surface area contributed by atoms with E-state index in [2.05, 4.69) is 15.0 Å². The average Bonchev–Trinajstić information content (AvgIpc) is 2.62. The molecule has 0 spiro atoms. The van der Waals surface area contributed by atoms with Gasteiger partial charge in [0.1, 0.15) is 5.52 Å². The highest BCUT2D eigenvalue weighted by Crippen LogP contribution is 2.31. The standard InChI is InChI=1S/C18H15N3O4/c1-25-17(22)11-12-4-2-5-13(10-12)20-15-7-8-16(21(23)24)14-6-3-9-19-18(14)15/h2-10,20H,11H2,1H3. The predicted molar refractivity (Wildman–Crippen MR) is 93.8 cm³/mol. The SMILES string of the molecule is COC(=O)Cc1cccc(Nc2ccc([N+](=O)[O-])c3cccnc23)c1. The molecular formula is C18H15N3O4. The van der Waals surface area contributed by atoms with Gasteiger partial charge in [-0.05, 0) is 35.9 Å². The van der Waals surface area contributed by atoms with Crippen LogP contribution in [0.15, 0.2) is 54.7 Å². The third-order valence-corrected chi connectivity index (χ3v) is 3.73. The lowest BCUT2D eigenvalue weighted by molar-refractivity contribution is -0.383. The van der Waals surface area contributed by atoms with Crippen LogP contribution in [0.1, 0.15) is 5.56 Å². The first-order valence-electron chi connectivity index (χ1n) is 7.53.